The van der Waals surface area contributed by atoms with E-state index in [9.17, 15) is 14.9 Å². The van der Waals surface area contributed by atoms with Gasteiger partial charge in [-0.2, -0.15) is 0 Å². The highest BCUT2D eigenvalue weighted by Crippen LogP contribution is 2.38. The first kappa shape index (κ1) is 14.6. The number of methoxy groups -OCH3 is 1. The predicted molar refractivity (Wildman–Crippen MR) is 81.1 cm³/mol. The maximum atomic E-state index is 12.3. The van der Waals surface area contributed by atoms with E-state index in [1.165, 1.54) is 38.5 Å². The quantitative estimate of drug-likeness (QED) is 0.687. The van der Waals surface area contributed by atoms with Gasteiger partial charge in [0.15, 0.2) is 5.75 Å². The number of carbonyl (C=O) groups excluding carboxylic acids is 1. The Labute approximate surface area is 128 Å². The van der Waals surface area contributed by atoms with Gasteiger partial charge in [0.1, 0.15) is 0 Å². The first-order valence-electron chi connectivity index (χ1n) is 7.47. The van der Waals surface area contributed by atoms with Gasteiger partial charge in [-0.15, -0.1) is 0 Å². The standard InChI is InChI=1S/C15H19N3O4/c1-22-14-6-5-12(7-13(14)18(20)21)16-15(19)17-8-10-3-2-4-11(10)9-17/h5-7,10-11H,2-4,8-9H2,1H3,(H,16,19)/t10-,11-/m1/s1. The molecule has 0 unspecified atom stereocenters. The van der Waals surface area contributed by atoms with E-state index in [0.29, 0.717) is 17.5 Å². The highest BCUT2D eigenvalue weighted by molar-refractivity contribution is 5.90. The van der Waals surface area contributed by atoms with Gasteiger partial charge in [-0.1, -0.05) is 6.42 Å². The topological polar surface area (TPSA) is 84.7 Å². The molecule has 0 spiro atoms. The van der Waals surface area contributed by atoms with E-state index in [1.54, 1.807) is 6.07 Å². The predicted octanol–water partition coefficient (Wildman–Crippen LogP) is 2.87. The smallest absolute Gasteiger partial charge is 0.321 e. The number of likely N-dealkylation sites (tertiary alicyclic amines) is 1. The Kier molecular flexibility index (Phi) is 3.87. The monoisotopic (exact) mass is 305 g/mol. The minimum Gasteiger partial charge on any atom is -0.490 e. The van der Waals surface area contributed by atoms with Crippen LogP contribution in [-0.4, -0.2) is 36.1 Å². The largest absolute Gasteiger partial charge is 0.490 e. The lowest BCUT2D eigenvalue weighted by atomic mass is 10.0. The first-order valence-corrected chi connectivity index (χ1v) is 7.47. The van der Waals surface area contributed by atoms with Crippen LogP contribution in [0.15, 0.2) is 18.2 Å². The Morgan fingerprint density at radius 1 is 1.36 bits per heavy atom. The molecule has 1 saturated heterocycles. The van der Waals surface area contributed by atoms with Gasteiger partial charge in [0, 0.05) is 24.8 Å². The van der Waals surface area contributed by atoms with Crippen LogP contribution in [0.1, 0.15) is 19.3 Å². The minimum absolute atomic E-state index is 0.154. The number of rotatable bonds is 3. The molecule has 2 fully saturated rings. The van der Waals surface area contributed by atoms with E-state index in [0.717, 1.165) is 13.1 Å². The van der Waals surface area contributed by atoms with Crippen LogP contribution in [-0.2, 0) is 0 Å². The van der Waals surface area contributed by atoms with Gasteiger partial charge in [-0.05, 0) is 36.8 Å². The molecule has 1 saturated carbocycles. The zero-order chi connectivity index (χ0) is 15.7. The molecule has 118 valence electrons. The van der Waals surface area contributed by atoms with E-state index in [4.69, 9.17) is 4.74 Å². The summed E-state index contributed by atoms with van der Waals surface area (Å²) >= 11 is 0. The fraction of sp³-hybridized carbons (Fsp3) is 0.533. The van der Waals surface area contributed by atoms with Crippen LogP contribution in [0.2, 0.25) is 0 Å². The zero-order valence-corrected chi connectivity index (χ0v) is 12.4. The van der Waals surface area contributed by atoms with E-state index in [2.05, 4.69) is 5.32 Å². The molecule has 1 N–H and O–H groups in total. The van der Waals surface area contributed by atoms with Crippen LogP contribution in [0.25, 0.3) is 0 Å². The molecule has 1 aliphatic heterocycles. The van der Waals surface area contributed by atoms with E-state index in [-0.39, 0.29) is 17.5 Å². The summed E-state index contributed by atoms with van der Waals surface area (Å²) in [6.45, 7) is 1.57. The summed E-state index contributed by atoms with van der Waals surface area (Å²) in [5.74, 6) is 1.42. The van der Waals surface area contributed by atoms with Crippen molar-refractivity contribution >= 4 is 17.4 Å². The van der Waals surface area contributed by atoms with Crippen molar-refractivity contribution in [1.82, 2.24) is 4.90 Å². The molecule has 0 bridgehead atoms. The van der Waals surface area contributed by atoms with Crippen molar-refractivity contribution in [1.29, 1.82) is 0 Å². The summed E-state index contributed by atoms with van der Waals surface area (Å²) in [5, 5.41) is 13.8. The van der Waals surface area contributed by atoms with Crippen LogP contribution in [0.5, 0.6) is 5.75 Å². The molecule has 2 aliphatic rings. The lowest BCUT2D eigenvalue weighted by Crippen LogP contribution is -2.33. The number of benzene rings is 1. The average Bonchev–Trinajstić information content (AvgIpc) is 3.08. The number of hydrogen-bond acceptors (Lipinski definition) is 4. The summed E-state index contributed by atoms with van der Waals surface area (Å²) in [5.41, 5.74) is 0.258. The van der Waals surface area contributed by atoms with Crippen LogP contribution < -0.4 is 10.1 Å². The molecule has 1 heterocycles. The number of nitrogens with zero attached hydrogens (tertiary/aromatic N) is 2. The molecule has 7 nitrogen and oxygen atoms in total. The van der Waals surface area contributed by atoms with Crippen LogP contribution >= 0.6 is 0 Å². The first-order chi connectivity index (χ1) is 10.6. The summed E-state index contributed by atoms with van der Waals surface area (Å²) in [6, 6.07) is 4.25. The Balaban J connectivity index is 1.69. The molecule has 0 radical (unpaired) electrons. The van der Waals surface area contributed by atoms with Gasteiger partial charge >= 0.3 is 11.7 Å². The average molecular weight is 305 g/mol. The van der Waals surface area contributed by atoms with E-state index >= 15 is 0 Å². The fourth-order valence-corrected chi connectivity index (χ4v) is 3.51. The maximum absolute atomic E-state index is 12.3. The van der Waals surface area contributed by atoms with Gasteiger partial charge in [-0.3, -0.25) is 10.1 Å². The van der Waals surface area contributed by atoms with Crippen molar-refractivity contribution in [2.45, 2.75) is 19.3 Å². The highest BCUT2D eigenvalue weighted by atomic mass is 16.6. The van der Waals surface area contributed by atoms with Crippen molar-refractivity contribution < 1.29 is 14.5 Å². The Bertz CT molecular complexity index is 592. The third-order valence-corrected chi connectivity index (χ3v) is 4.64. The fourth-order valence-electron chi connectivity index (χ4n) is 3.51. The molecular formula is C15H19N3O4. The Morgan fingerprint density at radius 2 is 2.05 bits per heavy atom. The van der Waals surface area contributed by atoms with Crippen molar-refractivity contribution in [3.05, 3.63) is 28.3 Å². The SMILES string of the molecule is COc1ccc(NC(=O)N2C[C@H]3CCC[C@@H]3C2)cc1[N+](=O)[O-]. The maximum Gasteiger partial charge on any atom is 0.321 e. The van der Waals surface area contributed by atoms with Crippen molar-refractivity contribution in [3.8, 4) is 5.75 Å². The molecule has 22 heavy (non-hydrogen) atoms. The molecule has 7 heteroatoms. The number of nitro benzene ring substituents is 1. The zero-order valence-electron chi connectivity index (χ0n) is 12.4. The van der Waals surface area contributed by atoms with Crippen LogP contribution in [0, 0.1) is 22.0 Å². The molecule has 1 aromatic carbocycles. The highest BCUT2D eigenvalue weighted by Gasteiger charge is 2.38. The summed E-state index contributed by atoms with van der Waals surface area (Å²) < 4.78 is 4.95. The minimum atomic E-state index is -0.519. The second-order valence-corrected chi connectivity index (χ2v) is 5.93. The Morgan fingerprint density at radius 3 is 2.64 bits per heavy atom. The van der Waals surface area contributed by atoms with E-state index in [1.807, 2.05) is 4.90 Å². The van der Waals surface area contributed by atoms with Crippen LogP contribution in [0.3, 0.4) is 0 Å². The number of nitrogens with one attached hydrogen (secondary N) is 1. The molecule has 1 aliphatic carbocycles. The molecule has 3 rings (SSSR count). The van der Waals surface area contributed by atoms with Crippen molar-refractivity contribution in [2.75, 3.05) is 25.5 Å². The second kappa shape index (κ2) is 5.82. The lowest BCUT2D eigenvalue weighted by Gasteiger charge is -2.18. The number of fused-ring (bicyclic) bond motifs is 1. The van der Waals surface area contributed by atoms with Crippen molar-refractivity contribution in [3.63, 3.8) is 0 Å². The van der Waals surface area contributed by atoms with E-state index < -0.39 is 4.92 Å². The molecule has 1 aromatic rings. The van der Waals surface area contributed by atoms with Gasteiger partial charge in [0.25, 0.3) is 0 Å². The number of carbonyl (C=O) groups is 1. The number of nitro groups is 1. The summed E-state index contributed by atoms with van der Waals surface area (Å²) in [7, 11) is 1.38. The number of ether oxygens (including phenoxy) is 1. The third-order valence-electron chi connectivity index (χ3n) is 4.64. The second-order valence-electron chi connectivity index (χ2n) is 5.93. The lowest BCUT2D eigenvalue weighted by molar-refractivity contribution is -0.385. The molecule has 2 amide bonds. The summed E-state index contributed by atoms with van der Waals surface area (Å²) in [4.78, 5) is 24.6. The van der Waals surface area contributed by atoms with Gasteiger partial charge in [0.2, 0.25) is 0 Å². The summed E-state index contributed by atoms with van der Waals surface area (Å²) in [6.07, 6.45) is 3.65. The number of urea groups is 1. The Hall–Kier alpha value is -2.31. The molecular weight excluding hydrogens is 286 g/mol. The van der Waals surface area contributed by atoms with Crippen LogP contribution in [0.4, 0.5) is 16.2 Å². The van der Waals surface area contributed by atoms with Gasteiger partial charge < -0.3 is 15.0 Å². The van der Waals surface area contributed by atoms with Gasteiger partial charge in [0.05, 0.1) is 12.0 Å². The molecule has 2 atom stereocenters. The number of amides is 2. The third kappa shape index (κ3) is 2.70. The normalized spacial score (nSPS) is 23.2. The number of anilines is 1. The van der Waals surface area contributed by atoms with Gasteiger partial charge in [-0.25, -0.2) is 4.79 Å². The number of hydrogen-bond donors (Lipinski definition) is 1. The molecule has 0 aromatic heterocycles. The van der Waals surface area contributed by atoms with Crippen molar-refractivity contribution in [2.24, 2.45) is 11.8 Å².